The van der Waals surface area contributed by atoms with E-state index in [1.54, 1.807) is 16.4 Å². The lowest BCUT2D eigenvalue weighted by Crippen LogP contribution is -2.45. The Labute approximate surface area is 182 Å². The van der Waals surface area contributed by atoms with Crippen molar-refractivity contribution >= 4 is 23.3 Å². The highest BCUT2D eigenvalue weighted by atomic mass is 32.2. The van der Waals surface area contributed by atoms with Crippen LogP contribution in [0, 0.1) is 6.92 Å². The first kappa shape index (κ1) is 22.5. The van der Waals surface area contributed by atoms with Crippen LogP contribution < -0.4 is 5.19 Å². The standard InChI is InChI=1S/C25H31NO2SSi/c1-6-21-19-26(29(27,28)22-15-13-20(3)14-16-22)18-17-25(24(21)7-2)30(4,5)23-11-9-8-10-12-23/h6-16H,2,17-19H2,1,3-5H3/b21-6+. The minimum Gasteiger partial charge on any atom is -0.207 e. The number of hydrogen-bond donors (Lipinski definition) is 0. The van der Waals surface area contributed by atoms with E-state index < -0.39 is 18.1 Å². The summed E-state index contributed by atoms with van der Waals surface area (Å²) in [6.45, 7) is 13.6. The summed E-state index contributed by atoms with van der Waals surface area (Å²) in [4.78, 5) is 0.353. The first-order valence-electron chi connectivity index (χ1n) is 10.4. The van der Waals surface area contributed by atoms with Gasteiger partial charge in [-0.25, -0.2) is 8.42 Å². The predicted molar refractivity (Wildman–Crippen MR) is 129 cm³/mol. The highest BCUT2D eigenvalue weighted by Crippen LogP contribution is 2.32. The van der Waals surface area contributed by atoms with E-state index in [1.807, 2.05) is 44.2 Å². The number of sulfonamides is 1. The molecule has 0 radical (unpaired) electrons. The zero-order valence-electron chi connectivity index (χ0n) is 18.4. The molecule has 2 aromatic carbocycles. The third kappa shape index (κ3) is 4.29. The summed E-state index contributed by atoms with van der Waals surface area (Å²) in [5.41, 5.74) is 3.21. The smallest absolute Gasteiger partial charge is 0.207 e. The van der Waals surface area contributed by atoms with Crippen LogP contribution in [0.4, 0.5) is 0 Å². The molecule has 3 nitrogen and oxygen atoms in total. The van der Waals surface area contributed by atoms with E-state index in [9.17, 15) is 8.42 Å². The molecule has 0 saturated carbocycles. The average molecular weight is 438 g/mol. The molecule has 0 aliphatic carbocycles. The fourth-order valence-electron chi connectivity index (χ4n) is 4.16. The van der Waals surface area contributed by atoms with Crippen molar-refractivity contribution in [3.8, 4) is 0 Å². The van der Waals surface area contributed by atoms with Gasteiger partial charge in [-0.15, -0.1) is 0 Å². The van der Waals surface area contributed by atoms with Gasteiger partial charge in [-0.1, -0.05) is 90.2 Å². The largest absolute Gasteiger partial charge is 0.243 e. The quantitative estimate of drug-likeness (QED) is 0.619. The van der Waals surface area contributed by atoms with Crippen LogP contribution in [-0.2, 0) is 10.0 Å². The Kier molecular flexibility index (Phi) is 6.65. The van der Waals surface area contributed by atoms with Gasteiger partial charge in [0.25, 0.3) is 0 Å². The van der Waals surface area contributed by atoms with E-state index in [4.69, 9.17) is 0 Å². The van der Waals surface area contributed by atoms with Crippen LogP contribution in [-0.4, -0.2) is 33.9 Å². The molecule has 0 fully saturated rings. The van der Waals surface area contributed by atoms with E-state index in [-0.39, 0.29) is 0 Å². The lowest BCUT2D eigenvalue weighted by molar-refractivity contribution is 0.446. The highest BCUT2D eigenvalue weighted by molar-refractivity contribution is 7.89. The number of allylic oxidation sites excluding steroid dienone is 2. The van der Waals surface area contributed by atoms with Gasteiger partial charge < -0.3 is 0 Å². The second-order valence-electron chi connectivity index (χ2n) is 8.30. The van der Waals surface area contributed by atoms with Crippen molar-refractivity contribution in [3.63, 3.8) is 0 Å². The van der Waals surface area contributed by atoms with E-state index in [1.165, 1.54) is 10.4 Å². The fourth-order valence-corrected chi connectivity index (χ4v) is 8.63. The lowest BCUT2D eigenvalue weighted by atomic mass is 10.1. The van der Waals surface area contributed by atoms with Crippen LogP contribution >= 0.6 is 0 Å². The molecule has 158 valence electrons. The molecular weight excluding hydrogens is 406 g/mol. The number of aryl methyl sites for hydroxylation is 1. The zero-order valence-corrected chi connectivity index (χ0v) is 20.2. The topological polar surface area (TPSA) is 37.4 Å². The summed E-state index contributed by atoms with van der Waals surface area (Å²) in [5, 5.41) is 2.71. The van der Waals surface area contributed by atoms with E-state index >= 15 is 0 Å². The number of rotatable bonds is 5. The maximum Gasteiger partial charge on any atom is 0.243 e. The molecular formula is C25H31NO2SSi. The van der Waals surface area contributed by atoms with E-state index in [0.29, 0.717) is 18.0 Å². The summed E-state index contributed by atoms with van der Waals surface area (Å²) in [7, 11) is -5.55. The number of benzene rings is 2. The Morgan fingerprint density at radius 3 is 2.23 bits per heavy atom. The molecule has 2 aromatic rings. The molecule has 1 heterocycles. The predicted octanol–water partition coefficient (Wildman–Crippen LogP) is 4.97. The van der Waals surface area contributed by atoms with Crippen LogP contribution in [0.5, 0.6) is 0 Å². The summed E-state index contributed by atoms with van der Waals surface area (Å²) in [6, 6.07) is 17.7. The van der Waals surface area contributed by atoms with Gasteiger partial charge in [-0.2, -0.15) is 4.31 Å². The zero-order chi connectivity index (χ0) is 21.9. The third-order valence-electron chi connectivity index (χ3n) is 6.09. The second kappa shape index (κ2) is 8.88. The molecule has 0 saturated heterocycles. The Bertz CT molecular complexity index is 1080. The van der Waals surface area contributed by atoms with Crippen LogP contribution in [0.1, 0.15) is 18.9 Å². The molecule has 0 amide bonds. The van der Waals surface area contributed by atoms with Gasteiger partial charge in [0.15, 0.2) is 0 Å². The Morgan fingerprint density at radius 2 is 1.67 bits per heavy atom. The molecule has 0 aromatic heterocycles. The van der Waals surface area contributed by atoms with E-state index in [0.717, 1.165) is 23.1 Å². The van der Waals surface area contributed by atoms with Crippen molar-refractivity contribution in [3.05, 3.63) is 95.2 Å². The molecule has 0 N–H and O–H groups in total. The molecule has 1 aliphatic rings. The summed E-state index contributed by atoms with van der Waals surface area (Å²) < 4.78 is 28.4. The lowest BCUT2D eigenvalue weighted by Gasteiger charge is -2.29. The first-order chi connectivity index (χ1) is 14.2. The number of hydrogen-bond acceptors (Lipinski definition) is 2. The van der Waals surface area contributed by atoms with E-state index in [2.05, 4.69) is 43.9 Å². The molecule has 0 atom stereocenters. The summed E-state index contributed by atoms with van der Waals surface area (Å²) in [5.74, 6) is 0. The first-order valence-corrected chi connectivity index (χ1v) is 14.8. The normalized spacial score (nSPS) is 17.8. The van der Waals surface area contributed by atoms with Gasteiger partial charge in [0.1, 0.15) is 8.07 Å². The Balaban J connectivity index is 2.04. The second-order valence-corrected chi connectivity index (χ2v) is 14.7. The third-order valence-corrected chi connectivity index (χ3v) is 11.8. The summed E-state index contributed by atoms with van der Waals surface area (Å²) in [6.07, 6.45) is 4.68. The van der Waals surface area contributed by atoms with Crippen LogP contribution in [0.25, 0.3) is 0 Å². The van der Waals surface area contributed by atoms with Gasteiger partial charge >= 0.3 is 0 Å². The molecule has 1 aliphatic heterocycles. The molecule has 0 spiro atoms. The van der Waals surface area contributed by atoms with Gasteiger partial charge in [0.05, 0.1) is 4.90 Å². The van der Waals surface area contributed by atoms with Crippen molar-refractivity contribution in [1.29, 1.82) is 0 Å². The van der Waals surface area contributed by atoms with Crippen LogP contribution in [0.15, 0.2) is 94.6 Å². The van der Waals surface area contributed by atoms with Crippen molar-refractivity contribution in [2.75, 3.05) is 13.1 Å². The number of nitrogens with zero attached hydrogens (tertiary/aromatic N) is 1. The molecule has 3 rings (SSSR count). The van der Waals surface area contributed by atoms with Crippen LogP contribution in [0.3, 0.4) is 0 Å². The fraction of sp³-hybridized carbons (Fsp3) is 0.280. The Hall–Kier alpha value is -2.21. The minimum absolute atomic E-state index is 0.353. The SMILES string of the molecule is C=CC1=C([Si](C)(C)c2ccccc2)CCN(S(=O)(=O)c2ccc(C)cc2)C/C1=C\C. The monoisotopic (exact) mass is 437 g/mol. The van der Waals surface area contributed by atoms with Crippen molar-refractivity contribution in [2.24, 2.45) is 0 Å². The van der Waals surface area contributed by atoms with Crippen molar-refractivity contribution in [1.82, 2.24) is 4.31 Å². The maximum absolute atomic E-state index is 13.4. The average Bonchev–Trinajstić information content (AvgIpc) is 2.94. The Morgan fingerprint density at radius 1 is 1.03 bits per heavy atom. The van der Waals surface area contributed by atoms with Crippen molar-refractivity contribution < 1.29 is 8.42 Å². The minimum atomic E-state index is -3.56. The molecule has 30 heavy (non-hydrogen) atoms. The molecule has 0 bridgehead atoms. The molecule has 0 unspecified atom stereocenters. The van der Waals surface area contributed by atoms with Crippen LogP contribution in [0.2, 0.25) is 13.1 Å². The van der Waals surface area contributed by atoms with Gasteiger partial charge in [0.2, 0.25) is 10.0 Å². The van der Waals surface area contributed by atoms with Gasteiger partial charge in [-0.05, 0) is 43.5 Å². The van der Waals surface area contributed by atoms with Gasteiger partial charge in [-0.3, -0.25) is 0 Å². The van der Waals surface area contributed by atoms with Crippen molar-refractivity contribution in [2.45, 2.75) is 38.3 Å². The molecule has 5 heteroatoms. The maximum atomic E-state index is 13.4. The van der Waals surface area contributed by atoms with Gasteiger partial charge in [0, 0.05) is 13.1 Å². The highest BCUT2D eigenvalue weighted by Gasteiger charge is 2.35. The summed E-state index contributed by atoms with van der Waals surface area (Å²) >= 11 is 0.